The Morgan fingerprint density at radius 2 is 2.10 bits per heavy atom. The quantitative estimate of drug-likeness (QED) is 0.822. The number of benzene rings is 1. The van der Waals surface area contributed by atoms with Crippen molar-refractivity contribution in [2.75, 3.05) is 11.9 Å². The van der Waals surface area contributed by atoms with Gasteiger partial charge in [-0.2, -0.15) is 5.10 Å². The molecule has 1 unspecified atom stereocenters. The van der Waals surface area contributed by atoms with Gasteiger partial charge in [0.25, 0.3) is 5.91 Å². The van der Waals surface area contributed by atoms with Crippen LogP contribution in [0.5, 0.6) is 0 Å². The van der Waals surface area contributed by atoms with Crippen LogP contribution in [0.4, 0.5) is 5.69 Å². The fraction of sp³-hybridized carbons (Fsp3) is 0.375. The van der Waals surface area contributed by atoms with Crippen LogP contribution in [0.25, 0.3) is 0 Å². The van der Waals surface area contributed by atoms with E-state index in [1.54, 1.807) is 6.20 Å². The highest BCUT2D eigenvalue weighted by Crippen LogP contribution is 2.09. The van der Waals surface area contributed by atoms with Crippen molar-refractivity contribution in [2.24, 2.45) is 0 Å². The summed E-state index contributed by atoms with van der Waals surface area (Å²) in [6.07, 6.45) is 4.70. The molecule has 0 saturated carbocycles. The first kappa shape index (κ1) is 15.1. The van der Waals surface area contributed by atoms with Gasteiger partial charge < -0.3 is 10.6 Å². The smallest absolute Gasteiger partial charge is 0.251 e. The number of nitrogens with one attached hydrogen (secondary N) is 2. The molecule has 2 N–H and O–H groups in total. The Labute approximate surface area is 125 Å². The van der Waals surface area contributed by atoms with Crippen LogP contribution in [0.1, 0.15) is 30.6 Å². The molecule has 2 rings (SSSR count). The molecule has 0 aliphatic carbocycles. The molecular weight excluding hydrogens is 264 g/mol. The normalized spacial score (nSPS) is 11.9. The number of rotatable bonds is 7. The Kier molecular flexibility index (Phi) is 5.37. The predicted molar refractivity (Wildman–Crippen MR) is 84.4 cm³/mol. The molecule has 0 aliphatic rings. The SMILES string of the molecule is CCCNc1ccc(C(=O)NC(C)Cn2cccn2)cc1. The minimum absolute atomic E-state index is 0.0234. The van der Waals surface area contributed by atoms with Gasteiger partial charge in [0, 0.05) is 36.2 Å². The Morgan fingerprint density at radius 1 is 1.33 bits per heavy atom. The van der Waals surface area contributed by atoms with Crippen LogP contribution in [-0.2, 0) is 6.54 Å². The molecule has 1 aromatic carbocycles. The summed E-state index contributed by atoms with van der Waals surface area (Å²) in [5, 5.41) is 10.4. The molecule has 2 aromatic rings. The summed E-state index contributed by atoms with van der Waals surface area (Å²) >= 11 is 0. The monoisotopic (exact) mass is 286 g/mol. The maximum absolute atomic E-state index is 12.1. The van der Waals surface area contributed by atoms with Crippen molar-refractivity contribution in [2.45, 2.75) is 32.9 Å². The van der Waals surface area contributed by atoms with Crippen LogP contribution in [0.15, 0.2) is 42.7 Å². The van der Waals surface area contributed by atoms with E-state index in [1.165, 1.54) is 0 Å². The van der Waals surface area contributed by atoms with E-state index in [0.717, 1.165) is 18.7 Å². The van der Waals surface area contributed by atoms with Crippen LogP contribution in [-0.4, -0.2) is 28.3 Å². The molecule has 0 spiro atoms. The third kappa shape index (κ3) is 4.63. The van der Waals surface area contributed by atoms with Gasteiger partial charge in [0.05, 0.1) is 6.54 Å². The first-order chi connectivity index (χ1) is 10.2. The summed E-state index contributed by atoms with van der Waals surface area (Å²) in [6, 6.07) is 9.44. The zero-order valence-electron chi connectivity index (χ0n) is 12.5. The molecule has 0 radical (unpaired) electrons. The lowest BCUT2D eigenvalue weighted by molar-refractivity contribution is 0.0936. The summed E-state index contributed by atoms with van der Waals surface area (Å²) in [5.41, 5.74) is 1.71. The van der Waals surface area contributed by atoms with E-state index in [4.69, 9.17) is 0 Å². The van der Waals surface area contributed by atoms with E-state index in [0.29, 0.717) is 12.1 Å². The average molecular weight is 286 g/mol. The highest BCUT2D eigenvalue weighted by atomic mass is 16.1. The second-order valence-corrected chi connectivity index (χ2v) is 5.11. The summed E-state index contributed by atoms with van der Waals surface area (Å²) in [6.45, 7) is 5.69. The summed E-state index contributed by atoms with van der Waals surface area (Å²) < 4.78 is 1.81. The summed E-state index contributed by atoms with van der Waals surface area (Å²) in [4.78, 5) is 12.1. The van der Waals surface area contributed by atoms with Crippen molar-refractivity contribution < 1.29 is 4.79 Å². The van der Waals surface area contributed by atoms with Crippen LogP contribution < -0.4 is 10.6 Å². The Bertz CT molecular complexity index is 548. The van der Waals surface area contributed by atoms with Crippen molar-refractivity contribution in [3.05, 3.63) is 48.3 Å². The van der Waals surface area contributed by atoms with Crippen molar-refractivity contribution >= 4 is 11.6 Å². The highest BCUT2D eigenvalue weighted by Gasteiger charge is 2.10. The average Bonchev–Trinajstić information content (AvgIpc) is 2.98. The molecule has 0 saturated heterocycles. The number of hydrogen-bond donors (Lipinski definition) is 2. The van der Waals surface area contributed by atoms with Gasteiger partial charge in [-0.1, -0.05) is 6.92 Å². The van der Waals surface area contributed by atoms with Crippen molar-refractivity contribution in [3.63, 3.8) is 0 Å². The van der Waals surface area contributed by atoms with Crippen LogP contribution in [0, 0.1) is 0 Å². The molecule has 1 atom stereocenters. The number of anilines is 1. The lowest BCUT2D eigenvalue weighted by atomic mass is 10.2. The Morgan fingerprint density at radius 3 is 2.71 bits per heavy atom. The Balaban J connectivity index is 1.87. The van der Waals surface area contributed by atoms with Crippen molar-refractivity contribution in [1.29, 1.82) is 0 Å². The lowest BCUT2D eigenvalue weighted by Gasteiger charge is -2.14. The number of amides is 1. The largest absolute Gasteiger partial charge is 0.385 e. The number of nitrogens with zero attached hydrogens (tertiary/aromatic N) is 2. The first-order valence-electron chi connectivity index (χ1n) is 7.31. The van der Waals surface area contributed by atoms with Crippen LogP contribution in [0.2, 0.25) is 0 Å². The molecule has 0 aliphatic heterocycles. The standard InChI is InChI=1S/C16H22N4O/c1-3-9-17-15-7-5-14(6-8-15)16(21)19-13(2)12-20-11-4-10-18-20/h4-8,10-11,13,17H,3,9,12H2,1-2H3,(H,19,21). The highest BCUT2D eigenvalue weighted by molar-refractivity contribution is 5.94. The van der Waals surface area contributed by atoms with E-state index >= 15 is 0 Å². The number of carbonyl (C=O) groups is 1. The van der Waals surface area contributed by atoms with Crippen LogP contribution >= 0.6 is 0 Å². The minimum atomic E-state index is -0.0586. The third-order valence-electron chi connectivity index (χ3n) is 3.12. The van der Waals surface area contributed by atoms with Gasteiger partial charge in [-0.3, -0.25) is 9.48 Å². The van der Waals surface area contributed by atoms with Gasteiger partial charge in [0.1, 0.15) is 0 Å². The molecule has 112 valence electrons. The lowest BCUT2D eigenvalue weighted by Crippen LogP contribution is -2.35. The van der Waals surface area contributed by atoms with Crippen molar-refractivity contribution in [3.8, 4) is 0 Å². The maximum atomic E-state index is 12.1. The van der Waals surface area contributed by atoms with Crippen molar-refractivity contribution in [1.82, 2.24) is 15.1 Å². The van der Waals surface area contributed by atoms with E-state index in [2.05, 4.69) is 22.7 Å². The fourth-order valence-corrected chi connectivity index (χ4v) is 2.05. The van der Waals surface area contributed by atoms with Gasteiger partial charge in [-0.05, 0) is 43.7 Å². The van der Waals surface area contributed by atoms with Gasteiger partial charge in [-0.15, -0.1) is 0 Å². The topological polar surface area (TPSA) is 59.0 Å². The summed E-state index contributed by atoms with van der Waals surface area (Å²) in [5.74, 6) is -0.0586. The van der Waals surface area contributed by atoms with E-state index in [9.17, 15) is 4.79 Å². The van der Waals surface area contributed by atoms with Gasteiger partial charge in [0.2, 0.25) is 0 Å². The molecule has 1 aromatic heterocycles. The molecule has 1 amide bonds. The maximum Gasteiger partial charge on any atom is 0.251 e. The van der Waals surface area contributed by atoms with E-state index in [1.807, 2.05) is 48.1 Å². The van der Waals surface area contributed by atoms with Crippen LogP contribution in [0.3, 0.4) is 0 Å². The van der Waals surface area contributed by atoms with Gasteiger partial charge in [0.15, 0.2) is 0 Å². The van der Waals surface area contributed by atoms with E-state index < -0.39 is 0 Å². The van der Waals surface area contributed by atoms with Gasteiger partial charge >= 0.3 is 0 Å². The number of hydrogen-bond acceptors (Lipinski definition) is 3. The molecular formula is C16H22N4O. The fourth-order valence-electron chi connectivity index (χ4n) is 2.05. The zero-order valence-corrected chi connectivity index (χ0v) is 12.5. The van der Waals surface area contributed by atoms with Gasteiger partial charge in [-0.25, -0.2) is 0 Å². The number of aromatic nitrogens is 2. The molecule has 5 heteroatoms. The second-order valence-electron chi connectivity index (χ2n) is 5.11. The summed E-state index contributed by atoms with van der Waals surface area (Å²) in [7, 11) is 0. The molecule has 0 fully saturated rings. The molecule has 21 heavy (non-hydrogen) atoms. The van der Waals surface area contributed by atoms with E-state index in [-0.39, 0.29) is 11.9 Å². The molecule has 1 heterocycles. The third-order valence-corrected chi connectivity index (χ3v) is 3.12. The predicted octanol–water partition coefficient (Wildman–Crippen LogP) is 2.52. The second kappa shape index (κ2) is 7.47. The minimum Gasteiger partial charge on any atom is -0.385 e. The molecule has 5 nitrogen and oxygen atoms in total. The first-order valence-corrected chi connectivity index (χ1v) is 7.31. The molecule has 0 bridgehead atoms. The zero-order chi connectivity index (χ0) is 15.1. The Hall–Kier alpha value is -2.30. The number of carbonyl (C=O) groups excluding carboxylic acids is 1.